The van der Waals surface area contributed by atoms with Gasteiger partial charge >= 0.3 is 5.97 Å². The molecule has 1 amide bonds. The summed E-state index contributed by atoms with van der Waals surface area (Å²) < 4.78 is 17.8. The average Bonchev–Trinajstić information content (AvgIpc) is 3.11. The average molecular weight is 1260 g/mol. The number of ether oxygens (including phenoxy) is 3. The molecule has 526 valence electrons. The van der Waals surface area contributed by atoms with Gasteiger partial charge in [0.2, 0.25) is 5.91 Å². The molecule has 0 saturated carbocycles. The molecule has 0 aromatic heterocycles. The number of aliphatic hydroxyl groups excluding tert-OH is 5. The number of esters is 1. The van der Waals surface area contributed by atoms with E-state index in [0.717, 1.165) is 57.8 Å². The van der Waals surface area contributed by atoms with E-state index in [2.05, 4.69) is 38.2 Å². The maximum atomic E-state index is 13.5. The Kier molecular flexibility index (Phi) is 63.3. The van der Waals surface area contributed by atoms with Crippen molar-refractivity contribution in [2.75, 3.05) is 13.2 Å². The van der Waals surface area contributed by atoms with Crippen LogP contribution in [0.2, 0.25) is 0 Å². The lowest BCUT2D eigenvalue weighted by atomic mass is 9.99. The predicted octanol–water partition coefficient (Wildman–Crippen LogP) is 20.7. The summed E-state index contributed by atoms with van der Waals surface area (Å²) in [6.45, 7) is 5.87. The summed E-state index contributed by atoms with van der Waals surface area (Å²) in [5.41, 5.74) is 0. The van der Waals surface area contributed by atoms with E-state index in [0.29, 0.717) is 19.3 Å². The minimum Gasteiger partial charge on any atom is -0.454 e. The molecule has 8 atom stereocenters. The van der Waals surface area contributed by atoms with Crippen molar-refractivity contribution in [3.05, 3.63) is 24.3 Å². The van der Waals surface area contributed by atoms with Crippen LogP contribution in [0.3, 0.4) is 0 Å². The van der Waals surface area contributed by atoms with Crippen LogP contribution in [0.4, 0.5) is 0 Å². The zero-order chi connectivity index (χ0) is 64.6. The van der Waals surface area contributed by atoms with Gasteiger partial charge in [0, 0.05) is 6.42 Å². The Bertz CT molecular complexity index is 1550. The van der Waals surface area contributed by atoms with E-state index in [1.54, 1.807) is 6.08 Å². The van der Waals surface area contributed by atoms with Crippen LogP contribution < -0.4 is 5.32 Å². The van der Waals surface area contributed by atoms with Crippen LogP contribution in [0.25, 0.3) is 0 Å². The van der Waals surface area contributed by atoms with Crippen LogP contribution in [0, 0.1) is 0 Å². The molecular weight excluding hydrogens is 1110 g/mol. The first-order chi connectivity index (χ1) is 43.7. The summed E-state index contributed by atoms with van der Waals surface area (Å²) >= 11 is 0. The van der Waals surface area contributed by atoms with Crippen molar-refractivity contribution in [2.45, 2.75) is 449 Å². The summed E-state index contributed by atoms with van der Waals surface area (Å²) in [6, 6.07) is -1.02. The molecule has 1 aliphatic rings. The molecule has 1 fully saturated rings. The fourth-order valence-corrected chi connectivity index (χ4v) is 12.7. The van der Waals surface area contributed by atoms with Crippen molar-refractivity contribution in [1.82, 2.24) is 5.32 Å². The first-order valence-electron chi connectivity index (χ1n) is 39.1. The molecule has 11 heteroatoms. The van der Waals surface area contributed by atoms with Crippen LogP contribution in [0.1, 0.15) is 400 Å². The highest BCUT2D eigenvalue weighted by Crippen LogP contribution is 2.27. The molecule has 0 bridgehead atoms. The highest BCUT2D eigenvalue weighted by atomic mass is 16.7. The van der Waals surface area contributed by atoms with Gasteiger partial charge in [0.1, 0.15) is 24.4 Å². The number of nitrogens with one attached hydrogen (secondary N) is 1. The Morgan fingerprint density at radius 3 is 1.09 bits per heavy atom. The Balaban J connectivity index is 2.52. The number of allylic oxidation sites excluding steroid dienone is 3. The van der Waals surface area contributed by atoms with Crippen molar-refractivity contribution in [3.63, 3.8) is 0 Å². The molecule has 1 heterocycles. The molecule has 8 unspecified atom stereocenters. The molecule has 1 aliphatic heterocycles. The fraction of sp³-hybridized carbons (Fsp3) is 0.923. The summed E-state index contributed by atoms with van der Waals surface area (Å²) in [7, 11) is 0. The van der Waals surface area contributed by atoms with Crippen LogP contribution in [-0.2, 0) is 23.8 Å². The lowest BCUT2D eigenvalue weighted by Crippen LogP contribution is -2.61. The zero-order valence-electron chi connectivity index (χ0n) is 58.8. The van der Waals surface area contributed by atoms with Gasteiger partial charge in [-0.3, -0.25) is 9.59 Å². The first-order valence-corrected chi connectivity index (χ1v) is 39.1. The van der Waals surface area contributed by atoms with Crippen molar-refractivity contribution in [3.8, 4) is 0 Å². The first kappa shape index (κ1) is 85.2. The van der Waals surface area contributed by atoms with Gasteiger partial charge in [0.25, 0.3) is 0 Å². The van der Waals surface area contributed by atoms with Gasteiger partial charge in [-0.05, 0) is 51.4 Å². The molecule has 1 rings (SSSR count). The maximum Gasteiger partial charge on any atom is 0.306 e. The topological polar surface area (TPSA) is 175 Å². The zero-order valence-corrected chi connectivity index (χ0v) is 58.8. The monoisotopic (exact) mass is 1260 g/mol. The van der Waals surface area contributed by atoms with E-state index in [1.807, 2.05) is 6.08 Å². The largest absolute Gasteiger partial charge is 0.454 e. The van der Waals surface area contributed by atoms with Gasteiger partial charge in [0.15, 0.2) is 12.4 Å². The molecule has 0 aliphatic carbocycles. The predicted molar refractivity (Wildman–Crippen MR) is 375 cm³/mol. The molecule has 6 N–H and O–H groups in total. The molecule has 89 heavy (non-hydrogen) atoms. The molecule has 11 nitrogen and oxygen atoms in total. The molecule has 0 aromatic carbocycles. The maximum absolute atomic E-state index is 13.5. The van der Waals surface area contributed by atoms with Crippen LogP contribution in [0.15, 0.2) is 24.3 Å². The van der Waals surface area contributed by atoms with E-state index in [1.165, 1.54) is 295 Å². The number of amides is 1. The Morgan fingerprint density at radius 1 is 0.427 bits per heavy atom. The van der Waals surface area contributed by atoms with Gasteiger partial charge < -0.3 is 45.1 Å². The summed E-state index contributed by atoms with van der Waals surface area (Å²) in [4.78, 5) is 26.8. The second kappa shape index (κ2) is 66.2. The highest BCUT2D eigenvalue weighted by Gasteiger charge is 2.47. The van der Waals surface area contributed by atoms with Crippen molar-refractivity contribution >= 4 is 11.9 Å². The van der Waals surface area contributed by atoms with Crippen LogP contribution >= 0.6 is 0 Å². The van der Waals surface area contributed by atoms with Gasteiger partial charge in [0.05, 0.1) is 25.4 Å². The lowest BCUT2D eigenvalue weighted by Gasteiger charge is -2.41. The number of unbranched alkanes of at least 4 members (excludes halogenated alkanes) is 53. The van der Waals surface area contributed by atoms with Crippen LogP contribution in [0.5, 0.6) is 0 Å². The molecular formula is C78H149NO10. The van der Waals surface area contributed by atoms with Gasteiger partial charge in [-0.25, -0.2) is 0 Å². The van der Waals surface area contributed by atoms with Gasteiger partial charge in [-0.2, -0.15) is 0 Å². The van der Waals surface area contributed by atoms with E-state index in [-0.39, 0.29) is 13.0 Å². The number of aliphatic hydroxyl groups is 5. The van der Waals surface area contributed by atoms with Crippen molar-refractivity contribution in [2.24, 2.45) is 0 Å². The standard InChI is InChI=1S/C78H149NO10/c1-4-7-10-13-16-19-22-25-27-29-31-33-35-36-37-39-41-43-45-48-51-54-57-60-63-66-73(83)89-76-75(85)74(84)72(67-80)88-78(76)87-68-69(70(81)64-61-58-55-52-49-46-24-21-18-15-12-9-6-3)79-77(86)71(82)65-62-59-56-53-50-47-44-42-40-38-34-32-30-28-26-23-20-17-14-11-8-5-2/h26,28,61,64,69-72,74-76,78,80-82,84-85H,4-25,27,29-60,62-63,65-68H2,1-3H3,(H,79,86)/b28-26+,64-61+. The second-order valence-electron chi connectivity index (χ2n) is 27.5. The lowest BCUT2D eigenvalue weighted by molar-refractivity contribution is -0.305. The van der Waals surface area contributed by atoms with E-state index < -0.39 is 67.4 Å². The van der Waals surface area contributed by atoms with E-state index >= 15 is 0 Å². The molecule has 0 spiro atoms. The SMILES string of the molecule is CCCCCCCC/C=C/CCCCCCCCCCCCCCC(O)C(=O)NC(COC1OC(CO)C(O)C(O)C1OC(=O)CCCCCCCCCCCCCCCCCCCCCCCCCCC)C(O)/C=C/CCCCCCCCCCCCC. The molecule has 0 radical (unpaired) electrons. The second-order valence-corrected chi connectivity index (χ2v) is 27.5. The molecule has 1 saturated heterocycles. The third kappa shape index (κ3) is 53.1. The minimum absolute atomic E-state index is 0.131. The Hall–Kier alpha value is -1.86. The highest BCUT2D eigenvalue weighted by molar-refractivity contribution is 5.80. The van der Waals surface area contributed by atoms with Gasteiger partial charge in [-0.15, -0.1) is 0 Å². The number of carbonyl (C=O) groups excluding carboxylic acids is 2. The third-order valence-corrected chi connectivity index (χ3v) is 18.9. The minimum atomic E-state index is -1.61. The number of rotatable bonds is 69. The normalized spacial score (nSPS) is 18.1. The van der Waals surface area contributed by atoms with Crippen LogP contribution in [-0.4, -0.2) is 99.6 Å². The quantitative estimate of drug-likeness (QED) is 0.0195. The third-order valence-electron chi connectivity index (χ3n) is 18.9. The number of carbonyl (C=O) groups is 2. The number of hydrogen-bond acceptors (Lipinski definition) is 10. The smallest absolute Gasteiger partial charge is 0.306 e. The fourth-order valence-electron chi connectivity index (χ4n) is 12.7. The number of hydrogen-bond donors (Lipinski definition) is 6. The van der Waals surface area contributed by atoms with Gasteiger partial charge in [-0.1, -0.05) is 366 Å². The van der Waals surface area contributed by atoms with E-state index in [9.17, 15) is 35.1 Å². The van der Waals surface area contributed by atoms with Crippen molar-refractivity contribution in [1.29, 1.82) is 0 Å². The Labute approximate surface area is 550 Å². The van der Waals surface area contributed by atoms with Crippen molar-refractivity contribution < 1.29 is 49.3 Å². The summed E-state index contributed by atoms with van der Waals surface area (Å²) in [6.07, 6.45) is 70.9. The van der Waals surface area contributed by atoms with E-state index in [4.69, 9.17) is 14.2 Å². The Morgan fingerprint density at radius 2 is 0.742 bits per heavy atom. The summed E-state index contributed by atoms with van der Waals surface area (Å²) in [5.74, 6) is -1.17. The molecule has 0 aromatic rings. The summed E-state index contributed by atoms with van der Waals surface area (Å²) in [5, 5.41) is 57.4.